The van der Waals surface area contributed by atoms with Crippen molar-refractivity contribution >= 4 is 46.4 Å². The van der Waals surface area contributed by atoms with Gasteiger partial charge in [-0.05, 0) is 42.0 Å². The highest BCUT2D eigenvalue weighted by Gasteiger charge is 2.52. The minimum Gasteiger partial charge on any atom is -0.314 e. The first-order valence-electron chi connectivity index (χ1n) is 10.9. The van der Waals surface area contributed by atoms with Gasteiger partial charge in [-0.3, -0.25) is 19.2 Å². The van der Waals surface area contributed by atoms with Crippen molar-refractivity contribution in [3.63, 3.8) is 0 Å². The smallest absolute Gasteiger partial charge is 0.238 e. The topological polar surface area (TPSA) is 74.8 Å². The molecule has 3 aromatic rings. The summed E-state index contributed by atoms with van der Waals surface area (Å²) >= 11 is 6.27. The van der Waals surface area contributed by atoms with Crippen molar-refractivity contribution < 1.29 is 19.2 Å². The van der Waals surface area contributed by atoms with Crippen molar-refractivity contribution in [3.8, 4) is 0 Å². The summed E-state index contributed by atoms with van der Waals surface area (Å²) in [5.41, 5.74) is 2.26. The highest BCUT2D eigenvalue weighted by Crippen LogP contribution is 2.45. The number of halogens is 1. The van der Waals surface area contributed by atoms with Gasteiger partial charge in [0.15, 0.2) is 11.6 Å². The third-order valence-corrected chi connectivity index (χ3v) is 7.01. The molecule has 0 spiro atoms. The molecule has 3 aromatic carbocycles. The number of hydrogen-bond donors (Lipinski definition) is 0. The Labute approximate surface area is 201 Å². The Hall–Kier alpha value is -3.77. The summed E-state index contributed by atoms with van der Waals surface area (Å²) in [6.07, 6.45) is 0. The number of anilines is 2. The predicted octanol–water partition coefficient (Wildman–Crippen LogP) is 4.37. The number of Topliss-reactive ketones (excluding diaryl/α,β-unsaturated/α-hetero) is 2. The molecule has 7 heteroatoms. The summed E-state index contributed by atoms with van der Waals surface area (Å²) in [5, 5.41) is 0.386. The number of rotatable bonds is 3. The molecule has 0 fully saturated rings. The van der Waals surface area contributed by atoms with Gasteiger partial charge in [-0.2, -0.15) is 0 Å². The highest BCUT2D eigenvalue weighted by atomic mass is 35.5. The maximum absolute atomic E-state index is 13.7. The van der Waals surface area contributed by atoms with Crippen LogP contribution in [0, 0.1) is 11.8 Å². The van der Waals surface area contributed by atoms with Crippen LogP contribution in [0.4, 0.5) is 11.4 Å². The van der Waals surface area contributed by atoms with Crippen LogP contribution < -0.4 is 9.80 Å². The second kappa shape index (κ2) is 8.22. The van der Waals surface area contributed by atoms with E-state index in [0.717, 1.165) is 0 Å². The quantitative estimate of drug-likeness (QED) is 0.530. The second-order valence-electron chi connectivity index (χ2n) is 8.59. The Morgan fingerprint density at radius 1 is 0.676 bits per heavy atom. The van der Waals surface area contributed by atoms with Crippen LogP contribution >= 0.6 is 11.6 Å². The Morgan fingerprint density at radius 2 is 1.15 bits per heavy atom. The number of para-hydroxylation sites is 2. The number of nitrogens with zero attached hydrogens (tertiary/aromatic N) is 2. The van der Waals surface area contributed by atoms with Gasteiger partial charge in [-0.15, -0.1) is 0 Å². The predicted molar refractivity (Wildman–Crippen MR) is 130 cm³/mol. The van der Waals surface area contributed by atoms with Gasteiger partial charge >= 0.3 is 0 Å². The van der Waals surface area contributed by atoms with Gasteiger partial charge in [0, 0.05) is 36.2 Å². The molecular weight excluding hydrogens is 452 g/mol. The van der Waals surface area contributed by atoms with E-state index in [1.165, 1.54) is 9.80 Å². The monoisotopic (exact) mass is 472 g/mol. The van der Waals surface area contributed by atoms with Gasteiger partial charge in [-0.25, -0.2) is 0 Å². The van der Waals surface area contributed by atoms with Crippen molar-refractivity contribution in [3.05, 3.63) is 94.5 Å². The van der Waals surface area contributed by atoms with Crippen LogP contribution in [0.2, 0.25) is 5.02 Å². The van der Waals surface area contributed by atoms with E-state index in [9.17, 15) is 19.2 Å². The van der Waals surface area contributed by atoms with Crippen LogP contribution in [0.5, 0.6) is 0 Å². The molecule has 170 valence electrons. The standard InChI is InChI=1S/C27H21ClN2O4/c1-29-19-12-5-3-10-17(19)24(31)22(26(29)33)21(15-8-7-9-16(28)14-15)23-25(32)18-11-4-6-13-20(18)30(2)27(23)34/h3-14,21-23H,1-2H3/t22-,23-/m0/s1. The summed E-state index contributed by atoms with van der Waals surface area (Å²) in [6, 6.07) is 20.4. The average Bonchev–Trinajstić information content (AvgIpc) is 2.85. The van der Waals surface area contributed by atoms with Gasteiger partial charge in [0.05, 0.1) is 11.4 Å². The van der Waals surface area contributed by atoms with Crippen LogP contribution in [-0.4, -0.2) is 37.5 Å². The average molecular weight is 473 g/mol. The Morgan fingerprint density at radius 3 is 1.62 bits per heavy atom. The van der Waals surface area contributed by atoms with E-state index in [2.05, 4.69) is 0 Å². The zero-order chi connectivity index (χ0) is 24.1. The third-order valence-electron chi connectivity index (χ3n) is 6.77. The summed E-state index contributed by atoms with van der Waals surface area (Å²) < 4.78 is 0. The Kier molecular flexibility index (Phi) is 5.33. The number of amides is 2. The molecule has 0 bridgehead atoms. The molecule has 0 aliphatic carbocycles. The summed E-state index contributed by atoms with van der Waals surface area (Å²) in [4.78, 5) is 57.6. The van der Waals surface area contributed by atoms with E-state index in [-0.39, 0.29) is 0 Å². The molecule has 2 atom stereocenters. The number of fused-ring (bicyclic) bond motifs is 2. The lowest BCUT2D eigenvalue weighted by Crippen LogP contribution is -2.52. The molecule has 0 unspecified atom stereocenters. The molecule has 2 amide bonds. The van der Waals surface area contributed by atoms with Crippen LogP contribution in [-0.2, 0) is 9.59 Å². The first-order chi connectivity index (χ1) is 16.3. The molecule has 2 heterocycles. The molecule has 0 radical (unpaired) electrons. The maximum atomic E-state index is 13.7. The van der Waals surface area contributed by atoms with Crippen molar-refractivity contribution in [1.29, 1.82) is 0 Å². The zero-order valence-electron chi connectivity index (χ0n) is 18.6. The summed E-state index contributed by atoms with van der Waals surface area (Å²) in [5.74, 6) is -5.28. The molecule has 0 saturated heterocycles. The molecule has 34 heavy (non-hydrogen) atoms. The van der Waals surface area contributed by atoms with Crippen molar-refractivity contribution in [2.75, 3.05) is 23.9 Å². The van der Waals surface area contributed by atoms with Gasteiger partial charge in [-0.1, -0.05) is 48.0 Å². The van der Waals surface area contributed by atoms with Gasteiger partial charge in [0.25, 0.3) is 0 Å². The van der Waals surface area contributed by atoms with E-state index in [4.69, 9.17) is 11.6 Å². The lowest BCUT2D eigenvalue weighted by atomic mass is 9.68. The summed E-state index contributed by atoms with van der Waals surface area (Å²) in [7, 11) is 3.20. The SMILES string of the molecule is CN1C(=O)[C@@H](C(c2cccc(Cl)c2)[C@H]2C(=O)c3ccccc3N(C)C2=O)C(=O)c2ccccc21. The van der Waals surface area contributed by atoms with E-state index in [1.54, 1.807) is 86.9 Å². The normalized spacial score (nSPS) is 20.0. The lowest BCUT2D eigenvalue weighted by Gasteiger charge is -2.40. The fourth-order valence-electron chi connectivity index (χ4n) is 5.09. The largest absolute Gasteiger partial charge is 0.314 e. The number of ketones is 2. The van der Waals surface area contributed by atoms with Gasteiger partial charge in [0.1, 0.15) is 11.8 Å². The fourth-order valence-corrected chi connectivity index (χ4v) is 5.29. The van der Waals surface area contributed by atoms with E-state index < -0.39 is 41.1 Å². The van der Waals surface area contributed by atoms with Gasteiger partial charge in [0.2, 0.25) is 11.8 Å². The number of benzene rings is 3. The lowest BCUT2D eigenvalue weighted by molar-refractivity contribution is -0.124. The van der Waals surface area contributed by atoms with Crippen LogP contribution in [0.1, 0.15) is 32.2 Å². The molecule has 6 nitrogen and oxygen atoms in total. The highest BCUT2D eigenvalue weighted by molar-refractivity contribution is 6.30. The molecule has 0 aromatic heterocycles. The van der Waals surface area contributed by atoms with E-state index in [0.29, 0.717) is 33.1 Å². The molecule has 2 aliphatic rings. The molecule has 2 aliphatic heterocycles. The minimum absolute atomic E-state index is 0.381. The minimum atomic E-state index is -1.25. The van der Waals surface area contributed by atoms with Crippen molar-refractivity contribution in [2.45, 2.75) is 5.92 Å². The third kappa shape index (κ3) is 3.25. The Balaban J connectivity index is 1.72. The van der Waals surface area contributed by atoms with Crippen molar-refractivity contribution in [2.24, 2.45) is 11.8 Å². The van der Waals surface area contributed by atoms with E-state index >= 15 is 0 Å². The second-order valence-corrected chi connectivity index (χ2v) is 9.03. The molecule has 0 saturated carbocycles. The molecular formula is C27H21ClN2O4. The molecule has 0 N–H and O–H groups in total. The maximum Gasteiger partial charge on any atom is 0.238 e. The number of hydrogen-bond acceptors (Lipinski definition) is 4. The first-order valence-corrected chi connectivity index (χ1v) is 11.3. The van der Waals surface area contributed by atoms with Crippen LogP contribution in [0.25, 0.3) is 0 Å². The van der Waals surface area contributed by atoms with Crippen LogP contribution in [0.15, 0.2) is 72.8 Å². The summed E-state index contributed by atoms with van der Waals surface area (Å²) in [6.45, 7) is 0. The number of carbonyl (C=O) groups is 4. The van der Waals surface area contributed by atoms with Gasteiger partial charge < -0.3 is 9.80 Å². The zero-order valence-corrected chi connectivity index (χ0v) is 19.3. The Bertz CT molecular complexity index is 1290. The van der Waals surface area contributed by atoms with E-state index in [1.807, 2.05) is 0 Å². The van der Waals surface area contributed by atoms with Crippen molar-refractivity contribution in [1.82, 2.24) is 0 Å². The fraction of sp³-hybridized carbons (Fsp3) is 0.185. The first kappa shape index (κ1) is 22.0. The van der Waals surface area contributed by atoms with Crippen LogP contribution in [0.3, 0.4) is 0 Å². The number of carbonyl (C=O) groups excluding carboxylic acids is 4. The molecule has 5 rings (SSSR count).